The van der Waals surface area contributed by atoms with Crippen molar-refractivity contribution < 1.29 is 9.53 Å². The summed E-state index contributed by atoms with van der Waals surface area (Å²) in [6.45, 7) is 5.07. The third kappa shape index (κ3) is 2.49. The van der Waals surface area contributed by atoms with E-state index in [0.717, 1.165) is 43.8 Å². The first-order valence-corrected chi connectivity index (χ1v) is 9.84. The first kappa shape index (κ1) is 16.8. The number of likely N-dealkylation sites (tertiary alicyclic amines) is 1. The zero-order valence-electron chi connectivity index (χ0n) is 16.2. The number of hydrogen-bond acceptors (Lipinski definition) is 4. The molecule has 1 aromatic carbocycles. The summed E-state index contributed by atoms with van der Waals surface area (Å²) in [6, 6.07) is 8.29. The Balaban J connectivity index is 1.46. The lowest BCUT2D eigenvalue weighted by molar-refractivity contribution is -0.134. The summed E-state index contributed by atoms with van der Waals surface area (Å²) < 4.78 is 8.13. The van der Waals surface area contributed by atoms with Crippen LogP contribution in [0.1, 0.15) is 57.0 Å². The van der Waals surface area contributed by atoms with Crippen LogP contribution in [-0.4, -0.2) is 37.7 Å². The van der Waals surface area contributed by atoms with E-state index in [1.807, 2.05) is 23.7 Å². The Hall–Kier alpha value is -2.37. The number of aromatic nitrogens is 3. The van der Waals surface area contributed by atoms with Crippen LogP contribution >= 0.6 is 0 Å². The minimum atomic E-state index is -0.253. The van der Waals surface area contributed by atoms with Gasteiger partial charge in [-0.1, -0.05) is 18.2 Å². The van der Waals surface area contributed by atoms with Crippen LogP contribution in [0.15, 0.2) is 30.6 Å². The number of para-hydroxylation sites is 1. The second-order valence-corrected chi connectivity index (χ2v) is 8.94. The molecular weight excluding hydrogens is 340 g/mol. The Morgan fingerprint density at radius 1 is 1.30 bits per heavy atom. The van der Waals surface area contributed by atoms with Gasteiger partial charge < -0.3 is 14.2 Å². The standard InChI is InChI=1S/C21H26N4O2/c1-20(2)12-21(14-7-4-5-9-17(14)27-20)11-15(21)19(26)25-10-6-8-16(25)18-23-22-13-24(18)3/h4-5,7,9,13,15-16H,6,8,10-12H2,1-3H3/t15-,16-,21+/m1/s1. The number of ether oxygens (including phenoxy) is 1. The number of fused-ring (bicyclic) bond motifs is 2. The van der Waals surface area contributed by atoms with Crippen LogP contribution < -0.4 is 4.74 Å². The molecule has 2 aliphatic heterocycles. The maximum atomic E-state index is 13.5. The molecule has 0 N–H and O–H groups in total. The fraction of sp³-hybridized carbons (Fsp3) is 0.571. The first-order valence-electron chi connectivity index (χ1n) is 9.84. The summed E-state index contributed by atoms with van der Waals surface area (Å²) >= 11 is 0. The molecule has 2 aromatic rings. The van der Waals surface area contributed by atoms with Crippen molar-refractivity contribution in [2.75, 3.05) is 6.54 Å². The molecule has 1 saturated heterocycles. The highest BCUT2D eigenvalue weighted by atomic mass is 16.5. The molecule has 1 amide bonds. The average Bonchev–Trinajstić information content (AvgIpc) is 2.96. The number of carbonyl (C=O) groups excluding carboxylic acids is 1. The van der Waals surface area contributed by atoms with E-state index in [2.05, 4.69) is 41.1 Å². The smallest absolute Gasteiger partial charge is 0.227 e. The van der Waals surface area contributed by atoms with Crippen molar-refractivity contribution in [2.45, 2.75) is 56.6 Å². The van der Waals surface area contributed by atoms with Crippen LogP contribution in [0.25, 0.3) is 0 Å². The fourth-order valence-corrected chi connectivity index (χ4v) is 5.37. The van der Waals surface area contributed by atoms with Crippen LogP contribution in [0.5, 0.6) is 5.75 Å². The summed E-state index contributed by atoms with van der Waals surface area (Å²) in [5.74, 6) is 2.14. The van der Waals surface area contributed by atoms with Crippen LogP contribution in [0, 0.1) is 5.92 Å². The lowest BCUT2D eigenvalue weighted by Crippen LogP contribution is -2.41. The molecule has 0 radical (unpaired) electrons. The number of benzene rings is 1. The maximum absolute atomic E-state index is 13.5. The zero-order chi connectivity index (χ0) is 18.8. The van der Waals surface area contributed by atoms with Crippen molar-refractivity contribution >= 4 is 5.91 Å². The summed E-state index contributed by atoms with van der Waals surface area (Å²) in [7, 11) is 1.95. The minimum Gasteiger partial charge on any atom is -0.488 e. The molecule has 1 saturated carbocycles. The summed E-state index contributed by atoms with van der Waals surface area (Å²) in [5.41, 5.74) is 0.872. The van der Waals surface area contributed by atoms with Crippen molar-refractivity contribution in [1.82, 2.24) is 19.7 Å². The maximum Gasteiger partial charge on any atom is 0.227 e. The summed E-state index contributed by atoms with van der Waals surface area (Å²) in [6.07, 6.45) is 5.50. The first-order chi connectivity index (χ1) is 12.9. The minimum absolute atomic E-state index is 0.0376. The van der Waals surface area contributed by atoms with E-state index >= 15 is 0 Å². The normalized spacial score (nSPS) is 30.9. The molecule has 1 aromatic heterocycles. The molecule has 142 valence electrons. The Morgan fingerprint density at radius 2 is 2.11 bits per heavy atom. The Labute approximate surface area is 159 Å². The molecule has 27 heavy (non-hydrogen) atoms. The van der Waals surface area contributed by atoms with E-state index in [0.29, 0.717) is 0 Å². The predicted octanol–water partition coefficient (Wildman–Crippen LogP) is 3.00. The quantitative estimate of drug-likeness (QED) is 0.820. The molecule has 6 heteroatoms. The molecule has 3 aliphatic rings. The van der Waals surface area contributed by atoms with E-state index in [1.165, 1.54) is 5.56 Å². The Morgan fingerprint density at radius 3 is 2.89 bits per heavy atom. The van der Waals surface area contributed by atoms with Crippen molar-refractivity contribution in [3.05, 3.63) is 42.0 Å². The van der Waals surface area contributed by atoms with Gasteiger partial charge in [0.2, 0.25) is 5.91 Å². The molecule has 3 atom stereocenters. The number of amides is 1. The van der Waals surface area contributed by atoms with Gasteiger partial charge in [-0.2, -0.15) is 0 Å². The zero-order valence-corrected chi connectivity index (χ0v) is 16.2. The number of hydrogen-bond donors (Lipinski definition) is 0. The molecular formula is C21H26N4O2. The molecule has 5 rings (SSSR count). The van der Waals surface area contributed by atoms with Crippen molar-refractivity contribution in [2.24, 2.45) is 13.0 Å². The van der Waals surface area contributed by atoms with Gasteiger partial charge in [0.25, 0.3) is 0 Å². The third-order valence-corrected chi connectivity index (χ3v) is 6.50. The summed E-state index contributed by atoms with van der Waals surface area (Å²) in [4.78, 5) is 15.6. The number of carbonyl (C=O) groups is 1. The van der Waals surface area contributed by atoms with E-state index in [9.17, 15) is 4.79 Å². The van der Waals surface area contributed by atoms with Gasteiger partial charge in [-0.15, -0.1) is 10.2 Å². The van der Waals surface area contributed by atoms with Gasteiger partial charge in [0.05, 0.1) is 6.04 Å². The van der Waals surface area contributed by atoms with E-state index in [1.54, 1.807) is 6.33 Å². The molecule has 0 bridgehead atoms. The van der Waals surface area contributed by atoms with Crippen molar-refractivity contribution in [3.8, 4) is 5.75 Å². The number of rotatable bonds is 2. The lowest BCUT2D eigenvalue weighted by atomic mass is 9.79. The monoisotopic (exact) mass is 366 g/mol. The highest BCUT2D eigenvalue weighted by molar-refractivity contribution is 5.85. The Kier molecular flexibility index (Phi) is 3.46. The summed E-state index contributed by atoms with van der Waals surface area (Å²) in [5, 5.41) is 8.28. The molecule has 1 aliphatic carbocycles. The van der Waals surface area contributed by atoms with Gasteiger partial charge in [-0.25, -0.2) is 0 Å². The van der Waals surface area contributed by atoms with Crippen LogP contribution in [0.3, 0.4) is 0 Å². The van der Waals surface area contributed by atoms with Crippen LogP contribution in [0.4, 0.5) is 0 Å². The van der Waals surface area contributed by atoms with Gasteiger partial charge in [0, 0.05) is 30.5 Å². The number of nitrogens with zero attached hydrogens (tertiary/aromatic N) is 4. The molecule has 0 unspecified atom stereocenters. The van der Waals surface area contributed by atoms with E-state index < -0.39 is 0 Å². The van der Waals surface area contributed by atoms with Gasteiger partial charge >= 0.3 is 0 Å². The van der Waals surface area contributed by atoms with Crippen molar-refractivity contribution in [3.63, 3.8) is 0 Å². The highest BCUT2D eigenvalue weighted by Crippen LogP contribution is 2.64. The Bertz CT molecular complexity index is 905. The van der Waals surface area contributed by atoms with Gasteiger partial charge in [0.15, 0.2) is 5.82 Å². The predicted molar refractivity (Wildman–Crippen MR) is 100 cm³/mol. The van der Waals surface area contributed by atoms with Gasteiger partial charge in [-0.3, -0.25) is 4.79 Å². The second kappa shape index (κ2) is 5.57. The third-order valence-electron chi connectivity index (χ3n) is 6.50. The molecule has 1 spiro atoms. The molecule has 2 fully saturated rings. The SMILES string of the molecule is Cn1cnnc1[C@H]1CCCN1C(=O)[C@H]1C[C@@]12CC(C)(C)Oc1ccccc12. The highest BCUT2D eigenvalue weighted by Gasteiger charge is 2.65. The average molecular weight is 366 g/mol. The van der Waals surface area contributed by atoms with E-state index in [-0.39, 0.29) is 28.9 Å². The number of aryl methyl sites for hydroxylation is 1. The topological polar surface area (TPSA) is 60.2 Å². The fourth-order valence-electron chi connectivity index (χ4n) is 5.37. The molecule has 3 heterocycles. The molecule has 6 nitrogen and oxygen atoms in total. The van der Waals surface area contributed by atoms with Crippen molar-refractivity contribution in [1.29, 1.82) is 0 Å². The van der Waals surface area contributed by atoms with E-state index in [4.69, 9.17) is 4.74 Å². The lowest BCUT2D eigenvalue weighted by Gasteiger charge is -2.39. The van der Waals surface area contributed by atoms with Crippen LogP contribution in [-0.2, 0) is 17.3 Å². The van der Waals surface area contributed by atoms with Crippen LogP contribution in [0.2, 0.25) is 0 Å². The van der Waals surface area contributed by atoms with Gasteiger partial charge in [0.1, 0.15) is 17.7 Å². The van der Waals surface area contributed by atoms with Gasteiger partial charge in [-0.05, 0) is 45.6 Å². The second-order valence-electron chi connectivity index (χ2n) is 8.94. The largest absolute Gasteiger partial charge is 0.488 e.